The van der Waals surface area contributed by atoms with Crippen LogP contribution in [0.1, 0.15) is 49.4 Å². The second kappa shape index (κ2) is 4.55. The van der Waals surface area contributed by atoms with Crippen molar-refractivity contribution in [2.75, 3.05) is 6.54 Å². The van der Waals surface area contributed by atoms with Gasteiger partial charge in [-0.3, -0.25) is 0 Å². The van der Waals surface area contributed by atoms with E-state index in [0.29, 0.717) is 12.5 Å². The summed E-state index contributed by atoms with van der Waals surface area (Å²) in [6.45, 7) is 0.681. The van der Waals surface area contributed by atoms with E-state index in [-0.39, 0.29) is 0 Å². The average molecular weight is 257 g/mol. The van der Waals surface area contributed by atoms with Gasteiger partial charge in [0.25, 0.3) is 0 Å². The van der Waals surface area contributed by atoms with Gasteiger partial charge in [-0.05, 0) is 74.3 Å². The fourth-order valence-corrected chi connectivity index (χ4v) is 5.18. The number of rotatable bonds is 3. The third-order valence-electron chi connectivity index (χ3n) is 5.68. The van der Waals surface area contributed by atoms with Gasteiger partial charge in [-0.1, -0.05) is 0 Å². The molecule has 0 aliphatic heterocycles. The first kappa shape index (κ1) is 11.8. The van der Waals surface area contributed by atoms with Gasteiger partial charge in [0, 0.05) is 18.3 Å². The Morgan fingerprint density at radius 3 is 2.05 bits per heavy atom. The highest BCUT2D eigenvalue weighted by molar-refractivity contribution is 5.13. The Hall–Kier alpha value is -0.960. The Balaban J connectivity index is 1.58. The lowest BCUT2D eigenvalue weighted by Gasteiger charge is -2.53. The molecule has 1 heterocycles. The standard InChI is InChI=1S/C16H23N3/c17-2-1-10-8-18-16(19-9-10)15-13-4-11-3-12(6-13)7-14(15)5-11/h8-9,11-15H,1-7,17H2. The molecule has 4 aliphatic carbocycles. The maximum absolute atomic E-state index is 5.58. The molecule has 2 N–H and O–H groups in total. The van der Waals surface area contributed by atoms with E-state index < -0.39 is 0 Å². The molecule has 4 saturated carbocycles. The van der Waals surface area contributed by atoms with E-state index in [4.69, 9.17) is 5.73 Å². The Morgan fingerprint density at radius 1 is 0.947 bits per heavy atom. The van der Waals surface area contributed by atoms with Crippen LogP contribution in [0.2, 0.25) is 0 Å². The predicted octanol–water partition coefficient (Wildman–Crippen LogP) is 2.52. The topological polar surface area (TPSA) is 51.8 Å². The van der Waals surface area contributed by atoms with E-state index in [1.165, 1.54) is 37.7 Å². The molecule has 1 aromatic heterocycles. The van der Waals surface area contributed by atoms with Crippen LogP contribution in [-0.4, -0.2) is 16.5 Å². The Kier molecular flexibility index (Phi) is 2.83. The molecule has 0 unspecified atom stereocenters. The van der Waals surface area contributed by atoms with E-state index >= 15 is 0 Å². The van der Waals surface area contributed by atoms with Crippen LogP contribution in [0.5, 0.6) is 0 Å². The Labute approximate surface area is 115 Å². The van der Waals surface area contributed by atoms with E-state index in [2.05, 4.69) is 9.97 Å². The third kappa shape index (κ3) is 1.99. The van der Waals surface area contributed by atoms with Gasteiger partial charge < -0.3 is 5.73 Å². The first-order chi connectivity index (χ1) is 9.33. The van der Waals surface area contributed by atoms with Crippen LogP contribution in [0.15, 0.2) is 12.4 Å². The number of nitrogens with two attached hydrogens (primary N) is 1. The molecular weight excluding hydrogens is 234 g/mol. The van der Waals surface area contributed by atoms with Crippen molar-refractivity contribution in [3.05, 3.63) is 23.8 Å². The molecule has 3 heteroatoms. The average Bonchev–Trinajstić information content (AvgIpc) is 2.40. The molecule has 0 aromatic carbocycles. The van der Waals surface area contributed by atoms with Gasteiger partial charge in [-0.15, -0.1) is 0 Å². The second-order valence-electron chi connectivity index (χ2n) is 6.94. The van der Waals surface area contributed by atoms with E-state index in [1.54, 1.807) is 0 Å². The monoisotopic (exact) mass is 257 g/mol. The van der Waals surface area contributed by atoms with Crippen LogP contribution < -0.4 is 5.73 Å². The van der Waals surface area contributed by atoms with Crippen LogP contribution in [0.3, 0.4) is 0 Å². The summed E-state index contributed by atoms with van der Waals surface area (Å²) in [7, 11) is 0. The van der Waals surface area contributed by atoms with Gasteiger partial charge in [0.15, 0.2) is 0 Å². The van der Waals surface area contributed by atoms with Crippen molar-refractivity contribution in [3.63, 3.8) is 0 Å². The Bertz CT molecular complexity index is 426. The van der Waals surface area contributed by atoms with Crippen molar-refractivity contribution in [1.29, 1.82) is 0 Å². The predicted molar refractivity (Wildman–Crippen MR) is 74.6 cm³/mol. The molecule has 4 bridgehead atoms. The molecule has 0 atom stereocenters. The van der Waals surface area contributed by atoms with Crippen molar-refractivity contribution in [1.82, 2.24) is 9.97 Å². The number of hydrogen-bond donors (Lipinski definition) is 1. The van der Waals surface area contributed by atoms with Crippen LogP contribution >= 0.6 is 0 Å². The molecule has 0 radical (unpaired) electrons. The molecule has 5 rings (SSSR count). The van der Waals surface area contributed by atoms with Crippen molar-refractivity contribution >= 4 is 0 Å². The molecule has 4 fully saturated rings. The maximum atomic E-state index is 5.58. The zero-order chi connectivity index (χ0) is 12.8. The van der Waals surface area contributed by atoms with Gasteiger partial charge in [0.2, 0.25) is 0 Å². The highest BCUT2D eigenvalue weighted by Crippen LogP contribution is 2.59. The fraction of sp³-hybridized carbons (Fsp3) is 0.750. The summed E-state index contributed by atoms with van der Waals surface area (Å²) < 4.78 is 0. The molecular formula is C16H23N3. The number of nitrogens with zero attached hydrogens (tertiary/aromatic N) is 2. The van der Waals surface area contributed by atoms with Crippen molar-refractivity contribution in [3.8, 4) is 0 Å². The minimum Gasteiger partial charge on any atom is -0.330 e. The number of aromatic nitrogens is 2. The molecule has 19 heavy (non-hydrogen) atoms. The summed E-state index contributed by atoms with van der Waals surface area (Å²) in [5.41, 5.74) is 6.76. The van der Waals surface area contributed by atoms with E-state index in [9.17, 15) is 0 Å². The van der Waals surface area contributed by atoms with E-state index in [1.807, 2.05) is 12.4 Å². The first-order valence-corrected chi connectivity index (χ1v) is 7.84. The third-order valence-corrected chi connectivity index (χ3v) is 5.68. The van der Waals surface area contributed by atoms with Gasteiger partial charge >= 0.3 is 0 Å². The maximum Gasteiger partial charge on any atom is 0.131 e. The van der Waals surface area contributed by atoms with Gasteiger partial charge in [0.1, 0.15) is 5.82 Å². The SMILES string of the molecule is NCCc1cnc(C2C3CC4CC(C3)CC2C4)nc1. The molecule has 102 valence electrons. The van der Waals surface area contributed by atoms with Gasteiger partial charge in [-0.2, -0.15) is 0 Å². The molecule has 0 saturated heterocycles. The summed E-state index contributed by atoms with van der Waals surface area (Å²) in [5, 5.41) is 0. The van der Waals surface area contributed by atoms with Crippen molar-refractivity contribution < 1.29 is 0 Å². The highest BCUT2D eigenvalue weighted by Gasteiger charge is 2.49. The molecule has 1 aromatic rings. The first-order valence-electron chi connectivity index (χ1n) is 7.84. The van der Waals surface area contributed by atoms with E-state index in [0.717, 1.165) is 35.9 Å². The van der Waals surface area contributed by atoms with Crippen molar-refractivity contribution in [2.45, 2.75) is 44.4 Å². The molecule has 0 spiro atoms. The van der Waals surface area contributed by atoms with Crippen molar-refractivity contribution in [2.24, 2.45) is 29.4 Å². The smallest absolute Gasteiger partial charge is 0.131 e. The van der Waals surface area contributed by atoms with Crippen LogP contribution in [0, 0.1) is 23.7 Å². The lowest BCUT2D eigenvalue weighted by molar-refractivity contribution is -0.00567. The van der Waals surface area contributed by atoms with Gasteiger partial charge in [-0.25, -0.2) is 9.97 Å². The molecule has 3 nitrogen and oxygen atoms in total. The van der Waals surface area contributed by atoms with Crippen LogP contribution in [0.4, 0.5) is 0 Å². The lowest BCUT2D eigenvalue weighted by atomic mass is 9.51. The highest BCUT2D eigenvalue weighted by atomic mass is 14.9. The van der Waals surface area contributed by atoms with Gasteiger partial charge in [0.05, 0.1) is 0 Å². The summed E-state index contributed by atoms with van der Waals surface area (Å²) in [5.74, 6) is 5.56. The zero-order valence-corrected chi connectivity index (χ0v) is 11.5. The lowest BCUT2D eigenvalue weighted by Crippen LogP contribution is -2.44. The minimum absolute atomic E-state index is 0.653. The number of hydrogen-bond acceptors (Lipinski definition) is 3. The summed E-state index contributed by atoms with van der Waals surface area (Å²) >= 11 is 0. The fourth-order valence-electron chi connectivity index (χ4n) is 5.18. The summed E-state index contributed by atoms with van der Waals surface area (Å²) in [4.78, 5) is 9.35. The normalized spacial score (nSPS) is 39.7. The molecule has 0 amide bonds. The summed E-state index contributed by atoms with van der Waals surface area (Å²) in [6, 6.07) is 0. The Morgan fingerprint density at radius 2 is 1.53 bits per heavy atom. The zero-order valence-electron chi connectivity index (χ0n) is 11.5. The quantitative estimate of drug-likeness (QED) is 0.905. The second-order valence-corrected chi connectivity index (χ2v) is 6.94. The van der Waals surface area contributed by atoms with Crippen LogP contribution in [0.25, 0.3) is 0 Å². The minimum atomic E-state index is 0.653. The largest absolute Gasteiger partial charge is 0.330 e. The molecule has 4 aliphatic rings. The summed E-state index contributed by atoms with van der Waals surface area (Å²) in [6.07, 6.45) is 12.1. The van der Waals surface area contributed by atoms with Crippen LogP contribution in [-0.2, 0) is 6.42 Å².